The topological polar surface area (TPSA) is 78.0 Å². The van der Waals surface area contributed by atoms with E-state index in [0.29, 0.717) is 24.6 Å². The molecule has 1 N–H and O–H groups in total. The van der Waals surface area contributed by atoms with Gasteiger partial charge in [-0.2, -0.15) is 15.1 Å². The molecule has 0 bridgehead atoms. The van der Waals surface area contributed by atoms with Crippen molar-refractivity contribution in [2.24, 2.45) is 0 Å². The quantitative estimate of drug-likeness (QED) is 0.751. The Morgan fingerprint density at radius 3 is 3.00 bits per heavy atom. The maximum atomic E-state index is 11.7. The number of aromatic nitrogens is 4. The molecule has 0 aromatic carbocycles. The van der Waals surface area contributed by atoms with Crippen molar-refractivity contribution in [3.63, 3.8) is 0 Å². The molecule has 0 aliphatic carbocycles. The van der Waals surface area contributed by atoms with Crippen molar-refractivity contribution >= 4 is 34.4 Å². The summed E-state index contributed by atoms with van der Waals surface area (Å²) in [5, 5.41) is 7.60. The summed E-state index contributed by atoms with van der Waals surface area (Å²) in [5.74, 6) is 0.716. The smallest absolute Gasteiger partial charge is 0.241 e. The van der Waals surface area contributed by atoms with Gasteiger partial charge < -0.3 is 9.80 Å². The van der Waals surface area contributed by atoms with E-state index in [1.54, 1.807) is 18.1 Å². The Labute approximate surface area is 108 Å². The number of H-pyrrole nitrogens is 1. The summed E-state index contributed by atoms with van der Waals surface area (Å²) in [5.41, 5.74) is 0.580. The van der Waals surface area contributed by atoms with Crippen LogP contribution in [0.2, 0.25) is 5.28 Å². The van der Waals surface area contributed by atoms with Crippen molar-refractivity contribution in [2.75, 3.05) is 31.6 Å². The van der Waals surface area contributed by atoms with E-state index >= 15 is 0 Å². The lowest BCUT2D eigenvalue weighted by molar-refractivity contribution is -0.129. The number of hydrogen-bond donors (Lipinski definition) is 1. The van der Waals surface area contributed by atoms with Crippen molar-refractivity contribution in [2.45, 2.75) is 0 Å². The van der Waals surface area contributed by atoms with Crippen LogP contribution in [0.4, 0.5) is 5.82 Å². The average Bonchev–Trinajstić information content (AvgIpc) is 2.79. The lowest BCUT2D eigenvalue weighted by atomic mass is 10.3. The maximum Gasteiger partial charge on any atom is 0.241 e. The summed E-state index contributed by atoms with van der Waals surface area (Å²) >= 11 is 5.87. The zero-order valence-electron chi connectivity index (χ0n) is 9.72. The lowest BCUT2D eigenvalue weighted by Gasteiger charge is -2.32. The molecule has 0 radical (unpaired) electrons. The third-order valence-electron chi connectivity index (χ3n) is 3.02. The monoisotopic (exact) mass is 266 g/mol. The number of hydrogen-bond acceptors (Lipinski definition) is 5. The molecular formula is C10H11ClN6O. The van der Waals surface area contributed by atoms with Gasteiger partial charge in [-0.15, -0.1) is 0 Å². The lowest BCUT2D eigenvalue weighted by Crippen LogP contribution is -2.48. The van der Waals surface area contributed by atoms with Crippen LogP contribution >= 0.6 is 11.6 Å². The molecule has 2 aromatic rings. The van der Waals surface area contributed by atoms with E-state index in [1.807, 2.05) is 4.90 Å². The van der Waals surface area contributed by atoms with Crippen LogP contribution in [0.5, 0.6) is 0 Å². The Hall–Kier alpha value is -1.89. The number of piperazine rings is 1. The van der Waals surface area contributed by atoms with Gasteiger partial charge in [0.15, 0.2) is 5.65 Å². The van der Waals surface area contributed by atoms with Crippen LogP contribution in [0.1, 0.15) is 0 Å². The number of rotatable bonds is 1. The van der Waals surface area contributed by atoms with E-state index in [2.05, 4.69) is 20.2 Å². The molecule has 0 saturated carbocycles. The molecule has 2 aromatic heterocycles. The minimum atomic E-state index is 0.0626. The van der Waals surface area contributed by atoms with Gasteiger partial charge >= 0.3 is 0 Å². The molecule has 3 rings (SSSR count). The third-order valence-corrected chi connectivity index (χ3v) is 3.19. The molecule has 18 heavy (non-hydrogen) atoms. The van der Waals surface area contributed by atoms with Crippen LogP contribution in [0.25, 0.3) is 11.0 Å². The second-order valence-corrected chi connectivity index (χ2v) is 4.52. The van der Waals surface area contributed by atoms with E-state index in [0.717, 1.165) is 11.9 Å². The molecule has 1 amide bonds. The van der Waals surface area contributed by atoms with Gasteiger partial charge in [0.25, 0.3) is 0 Å². The minimum absolute atomic E-state index is 0.0626. The van der Waals surface area contributed by atoms with Crippen molar-refractivity contribution in [3.8, 4) is 0 Å². The van der Waals surface area contributed by atoms with Crippen LogP contribution in [0, 0.1) is 0 Å². The molecule has 1 aliphatic rings. The van der Waals surface area contributed by atoms with Crippen molar-refractivity contribution in [3.05, 3.63) is 11.5 Å². The van der Waals surface area contributed by atoms with Gasteiger partial charge in [-0.1, -0.05) is 0 Å². The largest absolute Gasteiger partial charge is 0.345 e. The van der Waals surface area contributed by atoms with Crippen LogP contribution in [-0.4, -0.2) is 57.7 Å². The van der Waals surface area contributed by atoms with Crippen LogP contribution < -0.4 is 4.90 Å². The number of halogens is 1. The number of carbonyl (C=O) groups excluding carboxylic acids is 1. The average molecular weight is 267 g/mol. The molecule has 1 aliphatic heterocycles. The molecule has 94 valence electrons. The highest BCUT2D eigenvalue weighted by Crippen LogP contribution is 2.24. The molecule has 1 saturated heterocycles. The first kappa shape index (κ1) is 11.2. The molecule has 0 unspecified atom stereocenters. The van der Waals surface area contributed by atoms with Crippen molar-refractivity contribution in [1.82, 2.24) is 25.1 Å². The van der Waals surface area contributed by atoms with Crippen LogP contribution in [0.15, 0.2) is 6.20 Å². The third kappa shape index (κ3) is 1.76. The Morgan fingerprint density at radius 2 is 2.22 bits per heavy atom. The van der Waals surface area contributed by atoms with Crippen LogP contribution in [0.3, 0.4) is 0 Å². The second kappa shape index (κ2) is 4.09. The number of nitrogens with one attached hydrogen (secondary N) is 1. The highest BCUT2D eigenvalue weighted by molar-refractivity contribution is 6.28. The van der Waals surface area contributed by atoms with E-state index in [9.17, 15) is 4.79 Å². The fourth-order valence-electron chi connectivity index (χ4n) is 1.97. The molecule has 8 heteroatoms. The zero-order valence-corrected chi connectivity index (χ0v) is 10.5. The number of likely N-dealkylation sites (N-methyl/N-ethyl adjacent to an activating group) is 1. The normalized spacial score (nSPS) is 16.7. The first-order valence-corrected chi connectivity index (χ1v) is 5.88. The summed E-state index contributed by atoms with van der Waals surface area (Å²) in [6, 6.07) is 0. The van der Waals surface area contributed by atoms with Gasteiger partial charge in [0.1, 0.15) is 5.82 Å². The molecule has 7 nitrogen and oxygen atoms in total. The summed E-state index contributed by atoms with van der Waals surface area (Å²) in [6.45, 7) is 1.68. The predicted molar refractivity (Wildman–Crippen MR) is 66.5 cm³/mol. The Kier molecular flexibility index (Phi) is 2.55. The SMILES string of the molecule is CN1CCN(c2nc(Cl)nc3[nH]ncc23)CC1=O. The van der Waals surface area contributed by atoms with Gasteiger partial charge in [0, 0.05) is 20.1 Å². The number of fused-ring (bicyclic) bond motifs is 1. The van der Waals surface area contributed by atoms with Gasteiger partial charge in [0.2, 0.25) is 11.2 Å². The number of carbonyl (C=O) groups is 1. The van der Waals surface area contributed by atoms with E-state index in [-0.39, 0.29) is 11.2 Å². The van der Waals surface area contributed by atoms with Crippen molar-refractivity contribution < 1.29 is 4.79 Å². The van der Waals surface area contributed by atoms with Crippen molar-refractivity contribution in [1.29, 1.82) is 0 Å². The van der Waals surface area contributed by atoms with Crippen LogP contribution in [-0.2, 0) is 4.79 Å². The summed E-state index contributed by atoms with van der Waals surface area (Å²) < 4.78 is 0. The fraction of sp³-hybridized carbons (Fsp3) is 0.400. The predicted octanol–water partition coefficient (Wildman–Crippen LogP) is 0.285. The standard InChI is InChI=1S/C10H11ClN6O/c1-16-2-3-17(5-7(16)18)9-6-4-12-15-8(6)13-10(11)14-9/h4H,2-3,5H2,1H3,(H,12,13,14,15). The molecule has 0 atom stereocenters. The number of aromatic amines is 1. The zero-order chi connectivity index (χ0) is 12.7. The maximum absolute atomic E-state index is 11.7. The highest BCUT2D eigenvalue weighted by atomic mass is 35.5. The minimum Gasteiger partial charge on any atom is -0.345 e. The molecule has 3 heterocycles. The van der Waals surface area contributed by atoms with E-state index in [1.165, 1.54) is 0 Å². The number of nitrogens with zero attached hydrogens (tertiary/aromatic N) is 5. The molecule has 1 fully saturated rings. The second-order valence-electron chi connectivity index (χ2n) is 4.19. The Balaban J connectivity index is 2.03. The van der Waals surface area contributed by atoms with Gasteiger partial charge in [-0.25, -0.2) is 0 Å². The first-order valence-electron chi connectivity index (χ1n) is 5.50. The first-order chi connectivity index (χ1) is 8.65. The fourth-order valence-corrected chi connectivity index (χ4v) is 2.14. The molecular weight excluding hydrogens is 256 g/mol. The number of anilines is 1. The number of amides is 1. The summed E-state index contributed by atoms with van der Waals surface area (Å²) in [6.07, 6.45) is 1.64. The molecule has 0 spiro atoms. The van der Waals surface area contributed by atoms with E-state index in [4.69, 9.17) is 11.6 Å². The van der Waals surface area contributed by atoms with Gasteiger partial charge in [0.05, 0.1) is 18.1 Å². The van der Waals surface area contributed by atoms with E-state index < -0.39 is 0 Å². The highest BCUT2D eigenvalue weighted by Gasteiger charge is 2.24. The Bertz CT molecular complexity index is 611. The van der Waals surface area contributed by atoms with Gasteiger partial charge in [-0.3, -0.25) is 9.89 Å². The summed E-state index contributed by atoms with van der Waals surface area (Å²) in [4.78, 5) is 23.6. The van der Waals surface area contributed by atoms with Gasteiger partial charge in [-0.05, 0) is 11.6 Å². The Morgan fingerprint density at radius 1 is 1.39 bits per heavy atom. The summed E-state index contributed by atoms with van der Waals surface area (Å²) in [7, 11) is 1.79.